The molecule has 0 radical (unpaired) electrons. The molecule has 27 heavy (non-hydrogen) atoms. The smallest absolute Gasteiger partial charge is 0.335 e. The third kappa shape index (κ3) is 3.70. The Hall–Kier alpha value is -2.77. The maximum atomic E-state index is 12.2. The van der Waals surface area contributed by atoms with Gasteiger partial charge in [-0.05, 0) is 59.3 Å². The van der Waals surface area contributed by atoms with Gasteiger partial charge in [-0.25, -0.2) is 9.79 Å². The lowest BCUT2D eigenvalue weighted by Gasteiger charge is -2.01. The van der Waals surface area contributed by atoms with Crippen LogP contribution in [0.1, 0.15) is 21.5 Å². The minimum atomic E-state index is -1.07. The molecule has 0 bridgehead atoms. The molecule has 8 heteroatoms. The summed E-state index contributed by atoms with van der Waals surface area (Å²) in [6, 6.07) is 10.1. The van der Waals surface area contributed by atoms with Gasteiger partial charge in [0.05, 0.1) is 27.8 Å². The van der Waals surface area contributed by atoms with Gasteiger partial charge in [0.2, 0.25) is 0 Å². The zero-order valence-corrected chi connectivity index (χ0v) is 15.4. The Bertz CT molecular complexity index is 1030. The highest BCUT2D eigenvalue weighted by atomic mass is 35.5. The standard InChI is InChI=1S/C19H13ClN2O4S/c20-13-9-12(18(24)25)2-3-14(13)21-19-22-17(23)16(27-19)8-10-1-4-15-11(7-10)5-6-26-15/h1-4,7-9H,5-6H2,(H,24,25)(H,21,22,23)/b16-8+. The third-order valence-corrected chi connectivity index (χ3v) is 5.29. The zero-order valence-electron chi connectivity index (χ0n) is 13.9. The molecule has 1 fully saturated rings. The first-order chi connectivity index (χ1) is 13.0. The number of carboxylic acid groups (broad SMARTS) is 1. The summed E-state index contributed by atoms with van der Waals surface area (Å²) in [7, 11) is 0. The van der Waals surface area contributed by atoms with Crippen molar-refractivity contribution in [3.05, 3.63) is 63.0 Å². The predicted octanol–water partition coefficient (Wildman–Crippen LogP) is 3.86. The number of amides is 1. The van der Waals surface area contributed by atoms with E-state index in [-0.39, 0.29) is 16.5 Å². The highest BCUT2D eigenvalue weighted by molar-refractivity contribution is 8.18. The Morgan fingerprint density at radius 1 is 1.30 bits per heavy atom. The molecule has 2 aromatic carbocycles. The lowest BCUT2D eigenvalue weighted by molar-refractivity contribution is -0.115. The van der Waals surface area contributed by atoms with Crippen LogP contribution in [0.25, 0.3) is 6.08 Å². The van der Waals surface area contributed by atoms with Crippen LogP contribution in [-0.4, -0.2) is 28.8 Å². The van der Waals surface area contributed by atoms with Crippen LogP contribution < -0.4 is 10.1 Å². The Balaban J connectivity index is 1.57. The summed E-state index contributed by atoms with van der Waals surface area (Å²) >= 11 is 7.29. The van der Waals surface area contributed by atoms with Crippen LogP contribution in [0.2, 0.25) is 5.02 Å². The number of carbonyl (C=O) groups excluding carboxylic acids is 1. The van der Waals surface area contributed by atoms with Gasteiger partial charge in [0.25, 0.3) is 5.91 Å². The molecule has 1 saturated heterocycles. The van der Waals surface area contributed by atoms with E-state index in [0.717, 1.165) is 23.3 Å². The number of aromatic carboxylic acids is 1. The number of nitrogens with zero attached hydrogens (tertiary/aromatic N) is 1. The second-order valence-electron chi connectivity index (χ2n) is 5.92. The van der Waals surface area contributed by atoms with E-state index in [4.69, 9.17) is 21.4 Å². The Morgan fingerprint density at radius 2 is 2.15 bits per heavy atom. The van der Waals surface area contributed by atoms with Gasteiger partial charge in [-0.2, -0.15) is 0 Å². The largest absolute Gasteiger partial charge is 0.493 e. The van der Waals surface area contributed by atoms with Crippen LogP contribution in [0.3, 0.4) is 0 Å². The van der Waals surface area contributed by atoms with Crippen LogP contribution in [0.5, 0.6) is 5.75 Å². The molecule has 2 aromatic rings. The van der Waals surface area contributed by atoms with Gasteiger partial charge in [0.15, 0.2) is 5.17 Å². The Kier molecular flexibility index (Phi) is 4.63. The molecule has 6 nitrogen and oxygen atoms in total. The van der Waals surface area contributed by atoms with Crippen molar-refractivity contribution in [1.82, 2.24) is 5.32 Å². The highest BCUT2D eigenvalue weighted by Gasteiger charge is 2.24. The second kappa shape index (κ2) is 7.09. The predicted molar refractivity (Wildman–Crippen MR) is 105 cm³/mol. The van der Waals surface area contributed by atoms with E-state index < -0.39 is 5.97 Å². The molecular weight excluding hydrogens is 388 g/mol. The number of rotatable bonds is 3. The number of halogens is 1. The van der Waals surface area contributed by atoms with Crippen molar-refractivity contribution >= 4 is 52.2 Å². The number of fused-ring (bicyclic) bond motifs is 1. The lowest BCUT2D eigenvalue weighted by Crippen LogP contribution is -2.19. The summed E-state index contributed by atoms with van der Waals surface area (Å²) in [6.45, 7) is 0.683. The van der Waals surface area contributed by atoms with Crippen molar-refractivity contribution in [3.63, 3.8) is 0 Å². The molecule has 0 saturated carbocycles. The van der Waals surface area contributed by atoms with E-state index in [9.17, 15) is 9.59 Å². The average Bonchev–Trinajstić information content (AvgIpc) is 3.23. The van der Waals surface area contributed by atoms with E-state index in [2.05, 4.69) is 10.3 Å². The van der Waals surface area contributed by atoms with Crippen molar-refractivity contribution in [3.8, 4) is 5.75 Å². The van der Waals surface area contributed by atoms with Crippen LogP contribution >= 0.6 is 23.4 Å². The number of carboxylic acids is 1. The van der Waals surface area contributed by atoms with E-state index in [1.54, 1.807) is 6.08 Å². The summed E-state index contributed by atoms with van der Waals surface area (Å²) in [5.41, 5.74) is 2.52. The topological polar surface area (TPSA) is 88.0 Å². The number of thioether (sulfide) groups is 1. The number of nitrogens with one attached hydrogen (secondary N) is 1. The minimum Gasteiger partial charge on any atom is -0.493 e. The van der Waals surface area contributed by atoms with Crippen molar-refractivity contribution < 1.29 is 19.4 Å². The van der Waals surface area contributed by atoms with Crippen LogP contribution in [0.15, 0.2) is 46.3 Å². The van der Waals surface area contributed by atoms with Crippen LogP contribution in [0.4, 0.5) is 5.69 Å². The van der Waals surface area contributed by atoms with Gasteiger partial charge in [0.1, 0.15) is 5.75 Å². The molecule has 0 atom stereocenters. The maximum Gasteiger partial charge on any atom is 0.335 e. The van der Waals surface area contributed by atoms with Gasteiger partial charge in [-0.1, -0.05) is 17.7 Å². The highest BCUT2D eigenvalue weighted by Crippen LogP contribution is 2.32. The fourth-order valence-corrected chi connectivity index (χ4v) is 3.83. The number of amidine groups is 1. The van der Waals surface area contributed by atoms with Crippen LogP contribution in [-0.2, 0) is 11.2 Å². The van der Waals surface area contributed by atoms with Gasteiger partial charge in [-0.3, -0.25) is 4.79 Å². The zero-order chi connectivity index (χ0) is 19.0. The molecule has 0 aromatic heterocycles. The molecule has 2 aliphatic heterocycles. The normalized spacial score (nSPS) is 18.5. The number of ether oxygens (including phenoxy) is 1. The minimum absolute atomic E-state index is 0.0771. The average molecular weight is 401 g/mol. The molecule has 2 heterocycles. The van der Waals surface area contributed by atoms with Crippen LogP contribution in [0, 0.1) is 0 Å². The lowest BCUT2D eigenvalue weighted by atomic mass is 10.1. The van der Waals surface area contributed by atoms with Gasteiger partial charge in [0, 0.05) is 6.42 Å². The monoisotopic (exact) mass is 400 g/mol. The SMILES string of the molecule is O=C1NC(=Nc2ccc(C(=O)O)cc2Cl)S/C1=C/c1ccc2c(c1)CCO2. The Morgan fingerprint density at radius 3 is 2.93 bits per heavy atom. The van der Waals surface area contributed by atoms with Crippen molar-refractivity contribution in [1.29, 1.82) is 0 Å². The number of hydrogen-bond donors (Lipinski definition) is 2. The number of benzene rings is 2. The number of aliphatic imine (C=N–C) groups is 1. The van der Waals surface area contributed by atoms with E-state index in [1.807, 2.05) is 18.2 Å². The van der Waals surface area contributed by atoms with E-state index in [1.165, 1.54) is 30.0 Å². The van der Waals surface area contributed by atoms with E-state index >= 15 is 0 Å². The molecule has 4 rings (SSSR count). The molecule has 2 aliphatic rings. The third-order valence-electron chi connectivity index (χ3n) is 4.08. The fraction of sp³-hybridized carbons (Fsp3) is 0.105. The summed E-state index contributed by atoms with van der Waals surface area (Å²) < 4.78 is 5.49. The second-order valence-corrected chi connectivity index (χ2v) is 7.36. The quantitative estimate of drug-likeness (QED) is 0.764. The first-order valence-corrected chi connectivity index (χ1v) is 9.27. The molecule has 1 amide bonds. The van der Waals surface area contributed by atoms with Crippen molar-refractivity contribution in [2.45, 2.75) is 6.42 Å². The van der Waals surface area contributed by atoms with E-state index in [0.29, 0.717) is 22.4 Å². The Labute approximate surface area is 163 Å². The first-order valence-electron chi connectivity index (χ1n) is 8.08. The van der Waals surface area contributed by atoms with Crippen molar-refractivity contribution in [2.24, 2.45) is 4.99 Å². The van der Waals surface area contributed by atoms with Crippen molar-refractivity contribution in [2.75, 3.05) is 6.61 Å². The molecule has 2 N–H and O–H groups in total. The molecule has 136 valence electrons. The summed E-state index contributed by atoms with van der Waals surface area (Å²) in [5, 5.41) is 12.3. The fourth-order valence-electron chi connectivity index (χ4n) is 2.77. The summed E-state index contributed by atoms with van der Waals surface area (Å²) in [4.78, 5) is 28.0. The molecule has 0 aliphatic carbocycles. The summed E-state index contributed by atoms with van der Waals surface area (Å²) in [6.07, 6.45) is 2.67. The van der Waals surface area contributed by atoms with Gasteiger partial charge >= 0.3 is 5.97 Å². The molecule has 0 unspecified atom stereocenters. The first kappa shape index (κ1) is 17.6. The van der Waals surface area contributed by atoms with Gasteiger partial charge in [-0.15, -0.1) is 0 Å². The molecule has 0 spiro atoms. The molecular formula is C19H13ClN2O4S. The number of hydrogen-bond acceptors (Lipinski definition) is 5. The maximum absolute atomic E-state index is 12.2. The summed E-state index contributed by atoms with van der Waals surface area (Å²) in [5.74, 6) is -0.416. The van der Waals surface area contributed by atoms with Gasteiger partial charge < -0.3 is 15.2 Å². The number of carbonyl (C=O) groups is 2.